The highest BCUT2D eigenvalue weighted by Gasteiger charge is 2.46. The van der Waals surface area contributed by atoms with Crippen molar-refractivity contribution in [3.05, 3.63) is 64.8 Å². The van der Waals surface area contributed by atoms with E-state index >= 15 is 0 Å². The number of fused-ring (bicyclic) bond motifs is 1. The van der Waals surface area contributed by atoms with Gasteiger partial charge in [-0.15, -0.1) is 11.3 Å². The maximum atomic E-state index is 13.4. The summed E-state index contributed by atoms with van der Waals surface area (Å²) in [7, 11) is 3.96. The minimum Gasteiger partial charge on any atom is -0.440 e. The first-order valence-electron chi connectivity index (χ1n) is 11.2. The first-order valence-corrected chi connectivity index (χ1v) is 12.1. The number of aromatic nitrogens is 2. The number of amides is 1. The Morgan fingerprint density at radius 1 is 1.23 bits per heavy atom. The fourth-order valence-electron chi connectivity index (χ4n) is 4.55. The van der Waals surface area contributed by atoms with Crippen LogP contribution in [-0.4, -0.2) is 71.0 Å². The lowest BCUT2D eigenvalue weighted by molar-refractivity contribution is 0.0383. The number of rotatable bonds is 5. The van der Waals surface area contributed by atoms with E-state index < -0.39 is 5.54 Å². The first kappa shape index (κ1) is 25.2. The van der Waals surface area contributed by atoms with Crippen LogP contribution in [0.15, 0.2) is 64.2 Å². The zero-order valence-corrected chi connectivity index (χ0v) is 22.1. The predicted octanol–water partition coefficient (Wildman–Crippen LogP) is 4.46. The zero-order chi connectivity index (χ0) is 23.9. The normalized spacial score (nSPS) is 17.3. The Labute approximate surface area is 216 Å². The molecule has 0 bridgehead atoms. The molecule has 3 aromatic rings. The molecular formula is C25H30N6O2S2. The van der Waals surface area contributed by atoms with E-state index in [-0.39, 0.29) is 25.7 Å². The van der Waals surface area contributed by atoms with Crippen LogP contribution >= 0.6 is 24.8 Å². The van der Waals surface area contributed by atoms with Crippen LogP contribution < -0.4 is 5.32 Å². The molecule has 0 radical (unpaired) electrons. The summed E-state index contributed by atoms with van der Waals surface area (Å²) in [5.41, 5.74) is 2.65. The van der Waals surface area contributed by atoms with Crippen molar-refractivity contribution in [2.45, 2.75) is 25.5 Å². The average molecular weight is 511 g/mol. The molecule has 8 nitrogen and oxygen atoms in total. The molecule has 1 aromatic carbocycles. The van der Waals surface area contributed by atoms with Crippen LogP contribution in [0.5, 0.6) is 0 Å². The van der Waals surface area contributed by atoms with Gasteiger partial charge in [-0.05, 0) is 50.5 Å². The highest BCUT2D eigenvalue weighted by atomic mass is 32.1. The largest absolute Gasteiger partial charge is 0.440 e. The molecule has 0 saturated carbocycles. The summed E-state index contributed by atoms with van der Waals surface area (Å²) in [6.07, 6.45) is 0.883. The van der Waals surface area contributed by atoms with Crippen molar-refractivity contribution in [3.8, 4) is 0 Å². The molecule has 0 spiro atoms. The maximum Gasteiger partial charge on any atom is 0.411 e. The lowest BCUT2D eigenvalue weighted by Gasteiger charge is -2.35. The summed E-state index contributed by atoms with van der Waals surface area (Å²) in [5.74, 6) is 1.49. The highest BCUT2D eigenvalue weighted by Crippen LogP contribution is 2.39. The number of benzene rings is 1. The minimum absolute atomic E-state index is 0. The number of thiophene rings is 1. The number of carbonyl (C=O) groups excluding carboxylic acids is 1. The molecule has 2 aliphatic rings. The number of ether oxygens (including phenoxy) is 1. The summed E-state index contributed by atoms with van der Waals surface area (Å²) in [6, 6.07) is 11.9. The third-order valence-electron chi connectivity index (χ3n) is 6.44. The van der Waals surface area contributed by atoms with Gasteiger partial charge in [-0.2, -0.15) is 13.5 Å². The quantitative estimate of drug-likeness (QED) is 0.546. The molecule has 0 fully saturated rings. The fourth-order valence-corrected chi connectivity index (χ4v) is 5.28. The maximum absolute atomic E-state index is 13.4. The van der Waals surface area contributed by atoms with Gasteiger partial charge < -0.3 is 15.0 Å². The Hall–Kier alpha value is -2.95. The second-order valence-electron chi connectivity index (χ2n) is 9.30. The molecule has 4 heterocycles. The van der Waals surface area contributed by atoms with E-state index in [2.05, 4.69) is 29.1 Å². The van der Waals surface area contributed by atoms with Gasteiger partial charge in [0.1, 0.15) is 28.9 Å². The van der Waals surface area contributed by atoms with Gasteiger partial charge in [-0.25, -0.2) is 14.8 Å². The van der Waals surface area contributed by atoms with Gasteiger partial charge >= 0.3 is 6.09 Å². The van der Waals surface area contributed by atoms with Crippen LogP contribution in [0.1, 0.15) is 25.5 Å². The molecule has 0 aliphatic carbocycles. The van der Waals surface area contributed by atoms with E-state index in [9.17, 15) is 4.79 Å². The van der Waals surface area contributed by atoms with Crippen LogP contribution in [0, 0.1) is 0 Å². The van der Waals surface area contributed by atoms with Crippen LogP contribution in [-0.2, 0) is 4.74 Å². The van der Waals surface area contributed by atoms with Gasteiger partial charge in [0.15, 0.2) is 0 Å². The van der Waals surface area contributed by atoms with Gasteiger partial charge in [-0.1, -0.05) is 30.3 Å². The van der Waals surface area contributed by atoms with Crippen LogP contribution in [0.3, 0.4) is 0 Å². The number of anilines is 1. The first-order chi connectivity index (χ1) is 16.3. The van der Waals surface area contributed by atoms with E-state index in [1.54, 1.807) is 22.6 Å². The number of nitrogens with one attached hydrogen (secondary N) is 1. The summed E-state index contributed by atoms with van der Waals surface area (Å²) < 4.78 is 6.07. The van der Waals surface area contributed by atoms with E-state index in [1.165, 1.54) is 0 Å². The topological polar surface area (TPSA) is 83.0 Å². The van der Waals surface area contributed by atoms with Gasteiger partial charge in [0, 0.05) is 12.1 Å². The number of carbonyl (C=O) groups is 1. The summed E-state index contributed by atoms with van der Waals surface area (Å²) in [4.78, 5) is 31.7. The second kappa shape index (κ2) is 9.96. The van der Waals surface area contributed by atoms with Crippen molar-refractivity contribution in [2.24, 2.45) is 4.99 Å². The number of aliphatic imine (C=N–C) groups is 1. The molecule has 35 heavy (non-hydrogen) atoms. The van der Waals surface area contributed by atoms with Crippen LogP contribution in [0.4, 0.5) is 10.6 Å². The lowest BCUT2D eigenvalue weighted by atomic mass is 9.94. The molecule has 1 N–H and O–H groups in total. The number of hydrogen-bond acceptors (Lipinski definition) is 8. The highest BCUT2D eigenvalue weighted by molar-refractivity contribution is 7.59. The van der Waals surface area contributed by atoms with Crippen molar-refractivity contribution in [1.29, 1.82) is 0 Å². The van der Waals surface area contributed by atoms with Crippen LogP contribution in [0.2, 0.25) is 0 Å². The van der Waals surface area contributed by atoms with Crippen molar-refractivity contribution in [2.75, 3.05) is 39.0 Å². The van der Waals surface area contributed by atoms with E-state index in [4.69, 9.17) is 9.73 Å². The Bertz CT molecular complexity index is 1290. The van der Waals surface area contributed by atoms with Gasteiger partial charge in [0.2, 0.25) is 0 Å². The monoisotopic (exact) mass is 510 g/mol. The molecule has 0 saturated heterocycles. The van der Waals surface area contributed by atoms with Gasteiger partial charge in [0.25, 0.3) is 0 Å². The van der Waals surface area contributed by atoms with E-state index in [1.807, 2.05) is 60.8 Å². The molecular weight excluding hydrogens is 480 g/mol. The van der Waals surface area contributed by atoms with E-state index in [0.717, 1.165) is 38.6 Å². The molecule has 184 valence electrons. The Balaban J connectivity index is 0.00000289. The Morgan fingerprint density at radius 3 is 2.74 bits per heavy atom. The summed E-state index contributed by atoms with van der Waals surface area (Å²) in [6.45, 7) is 5.71. The third kappa shape index (κ3) is 4.78. The standard InChI is InChI=1S/C25H28N6O2S.H2S/c1-25(2)19-12-26-22(29-21-17-10-11-34-23(17)28-15-27-21)18(19)13-31(25)24(32)33-20(14-30(3)4)16-8-6-5-7-9-16;/h5-11,15,20H,12-14H2,1-4H3,(H,26,27,28,29);1H2/t20-;/m1./s1. The van der Waals surface area contributed by atoms with Gasteiger partial charge in [0.05, 0.1) is 24.0 Å². The average Bonchev–Trinajstić information content (AvgIpc) is 3.50. The molecule has 0 unspecified atom stereocenters. The molecule has 10 heteroatoms. The summed E-state index contributed by atoms with van der Waals surface area (Å²) in [5, 5.41) is 6.36. The Morgan fingerprint density at radius 2 is 2.00 bits per heavy atom. The number of nitrogens with zero attached hydrogens (tertiary/aromatic N) is 5. The Kier molecular flexibility index (Phi) is 7.16. The molecule has 2 aromatic heterocycles. The van der Waals surface area contributed by atoms with E-state index in [0.29, 0.717) is 19.6 Å². The third-order valence-corrected chi connectivity index (χ3v) is 7.26. The smallest absolute Gasteiger partial charge is 0.411 e. The van der Waals surface area contributed by atoms with Crippen molar-refractivity contribution in [1.82, 2.24) is 19.8 Å². The van der Waals surface area contributed by atoms with Gasteiger partial charge in [-0.3, -0.25) is 9.89 Å². The lowest BCUT2D eigenvalue weighted by Crippen LogP contribution is -2.47. The fraction of sp³-hybridized carbons (Fsp3) is 0.360. The molecule has 2 aliphatic heterocycles. The molecule has 1 atom stereocenters. The van der Waals surface area contributed by atoms with Crippen molar-refractivity contribution < 1.29 is 9.53 Å². The minimum atomic E-state index is -0.498. The van der Waals surface area contributed by atoms with Crippen LogP contribution in [0.25, 0.3) is 10.2 Å². The number of amidine groups is 1. The second-order valence-corrected chi connectivity index (χ2v) is 10.2. The van der Waals surface area contributed by atoms with Crippen molar-refractivity contribution in [3.63, 3.8) is 0 Å². The summed E-state index contributed by atoms with van der Waals surface area (Å²) >= 11 is 1.57. The number of likely N-dealkylation sites (N-methyl/N-ethyl adjacent to an activating group) is 1. The zero-order valence-electron chi connectivity index (χ0n) is 20.3. The number of hydrogen-bond donors (Lipinski definition) is 1. The van der Waals surface area contributed by atoms with Crippen molar-refractivity contribution >= 4 is 52.8 Å². The predicted molar refractivity (Wildman–Crippen MR) is 146 cm³/mol. The molecule has 1 amide bonds. The molecule has 5 rings (SSSR count). The SMILES string of the molecule is CN(C)C[C@@H](OC(=O)N1CC2=C(CN=C2Nc2ncnc3sccc23)C1(C)C)c1ccccc1.S.